The number of hydrogen-bond acceptors (Lipinski definition) is 8. The Morgan fingerprint density at radius 3 is 2.31 bits per heavy atom. The van der Waals surface area contributed by atoms with E-state index < -0.39 is 34.7 Å². The van der Waals surface area contributed by atoms with Gasteiger partial charge in [0.25, 0.3) is 11.8 Å². The second-order valence-corrected chi connectivity index (χ2v) is 10.0. The summed E-state index contributed by atoms with van der Waals surface area (Å²) >= 11 is 1.40. The van der Waals surface area contributed by atoms with E-state index in [0.717, 1.165) is 0 Å². The summed E-state index contributed by atoms with van der Waals surface area (Å²) in [5, 5.41) is 31.8. The number of thioether (sulfide) groups is 1. The second kappa shape index (κ2) is 10.3. The van der Waals surface area contributed by atoms with Crippen molar-refractivity contribution in [3.63, 3.8) is 0 Å². The Morgan fingerprint density at radius 2 is 1.80 bits per heavy atom. The number of β-lactam (4-membered cyclic amide) rings is 1. The summed E-state index contributed by atoms with van der Waals surface area (Å²) in [6.45, 7) is 6.80. The van der Waals surface area contributed by atoms with E-state index in [9.17, 15) is 24.3 Å². The Bertz CT molecular complexity index is 1170. The molecule has 2 aliphatic rings. The van der Waals surface area contributed by atoms with Crippen LogP contribution in [-0.2, 0) is 20.9 Å². The standard InChI is InChI=1S/C17H16N6O4S.C5H10O2/c1-9-19-21-22(20-9)7-11-8-28-16-12(15(25)23(16)13(11)17(26)27)18-14(24)10-5-3-2-4-6-10;1-5(2,3)4(6)7/h2-6,12,16H,7-8H2,1H3,(H,18,24)(H,26,27);1-3H3,(H,6,7)/t12-,16-;/m1./s1. The number of benzene rings is 1. The van der Waals surface area contributed by atoms with Gasteiger partial charge in [-0.05, 0) is 50.6 Å². The van der Waals surface area contributed by atoms with Crippen molar-refractivity contribution in [1.82, 2.24) is 30.4 Å². The SMILES string of the molecule is CC(C)(C)C(=O)O.Cc1nnn(CC2=C(C(=O)O)N3C(=O)[C@@H](NC(=O)c4ccccc4)[C@H]3SC2)n1. The molecule has 2 aliphatic heterocycles. The van der Waals surface area contributed by atoms with Crippen LogP contribution in [0.25, 0.3) is 0 Å². The van der Waals surface area contributed by atoms with Crippen LogP contribution in [0, 0.1) is 12.3 Å². The van der Waals surface area contributed by atoms with Crippen molar-refractivity contribution in [3.8, 4) is 0 Å². The van der Waals surface area contributed by atoms with Gasteiger partial charge in [-0.1, -0.05) is 18.2 Å². The van der Waals surface area contributed by atoms with Crippen molar-refractivity contribution >= 4 is 35.5 Å². The molecule has 35 heavy (non-hydrogen) atoms. The smallest absolute Gasteiger partial charge is 0.352 e. The highest BCUT2D eigenvalue weighted by molar-refractivity contribution is 8.00. The van der Waals surface area contributed by atoms with Gasteiger partial charge in [0.1, 0.15) is 17.1 Å². The molecule has 1 aromatic carbocycles. The number of nitrogens with zero attached hydrogens (tertiary/aromatic N) is 5. The first-order valence-electron chi connectivity index (χ1n) is 10.6. The molecule has 2 aromatic rings. The Labute approximate surface area is 205 Å². The lowest BCUT2D eigenvalue weighted by molar-refractivity contribution is -0.148. The molecule has 186 valence electrons. The summed E-state index contributed by atoms with van der Waals surface area (Å²) in [7, 11) is 0. The van der Waals surface area contributed by atoms with Crippen LogP contribution >= 0.6 is 11.8 Å². The van der Waals surface area contributed by atoms with E-state index in [4.69, 9.17) is 5.11 Å². The number of amides is 2. The molecule has 0 radical (unpaired) electrons. The minimum atomic E-state index is -1.20. The van der Waals surface area contributed by atoms with Gasteiger partial charge in [0.2, 0.25) is 0 Å². The number of carboxylic acid groups (broad SMARTS) is 2. The summed E-state index contributed by atoms with van der Waals surface area (Å²) in [5.41, 5.74) is 0.304. The topological polar surface area (TPSA) is 168 Å². The molecule has 4 rings (SSSR count). The molecule has 1 fully saturated rings. The quantitative estimate of drug-likeness (QED) is 0.504. The molecule has 0 aliphatic carbocycles. The van der Waals surface area contributed by atoms with Gasteiger partial charge in [0, 0.05) is 11.3 Å². The van der Waals surface area contributed by atoms with E-state index >= 15 is 0 Å². The minimum absolute atomic E-state index is 0.0751. The van der Waals surface area contributed by atoms with Crippen LogP contribution in [0.4, 0.5) is 0 Å². The van der Waals surface area contributed by atoms with E-state index in [0.29, 0.717) is 22.7 Å². The molecular formula is C22H26N6O6S. The summed E-state index contributed by atoms with van der Waals surface area (Å²) in [5.74, 6) is -1.91. The molecule has 2 atom stereocenters. The number of aryl methyl sites for hydroxylation is 1. The van der Waals surface area contributed by atoms with Crippen LogP contribution in [0.2, 0.25) is 0 Å². The van der Waals surface area contributed by atoms with Crippen LogP contribution in [0.1, 0.15) is 37.0 Å². The number of rotatable bonds is 5. The van der Waals surface area contributed by atoms with Gasteiger partial charge in [0.15, 0.2) is 5.82 Å². The maximum atomic E-state index is 12.6. The number of aromatic nitrogens is 4. The maximum absolute atomic E-state index is 12.6. The predicted octanol–water partition coefficient (Wildman–Crippen LogP) is 1.15. The van der Waals surface area contributed by atoms with Crippen LogP contribution in [0.3, 0.4) is 0 Å². The summed E-state index contributed by atoms with van der Waals surface area (Å²) < 4.78 is 0. The first-order chi connectivity index (χ1) is 16.4. The van der Waals surface area contributed by atoms with E-state index in [1.54, 1.807) is 58.0 Å². The lowest BCUT2D eigenvalue weighted by Crippen LogP contribution is -2.70. The van der Waals surface area contributed by atoms with Crippen molar-refractivity contribution in [3.05, 3.63) is 53.0 Å². The van der Waals surface area contributed by atoms with Gasteiger partial charge in [-0.3, -0.25) is 19.3 Å². The van der Waals surface area contributed by atoms with Gasteiger partial charge < -0.3 is 15.5 Å². The normalized spacial score (nSPS) is 19.2. The molecule has 1 aromatic heterocycles. The molecule has 13 heteroatoms. The van der Waals surface area contributed by atoms with Crippen molar-refractivity contribution in [1.29, 1.82) is 0 Å². The largest absolute Gasteiger partial charge is 0.481 e. The molecule has 0 saturated carbocycles. The molecule has 0 unspecified atom stereocenters. The zero-order chi connectivity index (χ0) is 25.9. The van der Waals surface area contributed by atoms with Gasteiger partial charge in [-0.25, -0.2) is 4.79 Å². The van der Waals surface area contributed by atoms with Crippen molar-refractivity contribution in [2.45, 2.75) is 45.7 Å². The zero-order valence-corrected chi connectivity index (χ0v) is 20.4. The third-order valence-corrected chi connectivity index (χ3v) is 6.44. The summed E-state index contributed by atoms with van der Waals surface area (Å²) in [4.78, 5) is 49.4. The molecule has 1 saturated heterocycles. The zero-order valence-electron chi connectivity index (χ0n) is 19.6. The van der Waals surface area contributed by atoms with E-state index in [-0.39, 0.29) is 18.1 Å². The third-order valence-electron chi connectivity index (χ3n) is 5.10. The first-order valence-corrected chi connectivity index (χ1v) is 11.7. The lowest BCUT2D eigenvalue weighted by Gasteiger charge is -2.49. The van der Waals surface area contributed by atoms with E-state index in [2.05, 4.69) is 20.7 Å². The van der Waals surface area contributed by atoms with E-state index in [1.807, 2.05) is 0 Å². The molecule has 12 nitrogen and oxygen atoms in total. The highest BCUT2D eigenvalue weighted by Crippen LogP contribution is 2.40. The fourth-order valence-electron chi connectivity index (χ4n) is 3.18. The highest BCUT2D eigenvalue weighted by Gasteiger charge is 2.54. The molecule has 3 heterocycles. The number of tetrazole rings is 1. The monoisotopic (exact) mass is 502 g/mol. The maximum Gasteiger partial charge on any atom is 0.352 e. The number of fused-ring (bicyclic) bond motifs is 1. The Balaban J connectivity index is 0.000000429. The summed E-state index contributed by atoms with van der Waals surface area (Å²) in [6.07, 6.45) is 0. The fourth-order valence-corrected chi connectivity index (χ4v) is 4.52. The number of hydrogen-bond donors (Lipinski definition) is 3. The fraction of sp³-hybridized carbons (Fsp3) is 0.409. The lowest BCUT2D eigenvalue weighted by atomic mass is 9.98. The van der Waals surface area contributed by atoms with Crippen LogP contribution in [-0.4, -0.2) is 76.2 Å². The minimum Gasteiger partial charge on any atom is -0.481 e. The molecule has 0 spiro atoms. The Morgan fingerprint density at radius 1 is 1.17 bits per heavy atom. The van der Waals surface area contributed by atoms with Crippen molar-refractivity contribution in [2.24, 2.45) is 5.41 Å². The molecule has 2 amide bonds. The predicted molar refractivity (Wildman–Crippen MR) is 125 cm³/mol. The number of nitrogens with one attached hydrogen (secondary N) is 1. The third kappa shape index (κ3) is 5.85. The van der Waals surface area contributed by atoms with Crippen LogP contribution in [0.15, 0.2) is 41.6 Å². The number of carbonyl (C=O) groups excluding carboxylic acids is 2. The number of carbonyl (C=O) groups is 4. The second-order valence-electron chi connectivity index (χ2n) is 8.91. The average molecular weight is 503 g/mol. The average Bonchev–Trinajstić information content (AvgIpc) is 3.21. The van der Waals surface area contributed by atoms with E-state index in [1.165, 1.54) is 21.5 Å². The van der Waals surface area contributed by atoms with Crippen molar-refractivity contribution < 1.29 is 29.4 Å². The van der Waals surface area contributed by atoms with Gasteiger partial charge >= 0.3 is 11.9 Å². The number of aliphatic carboxylic acids is 2. The van der Waals surface area contributed by atoms with Gasteiger partial charge in [-0.15, -0.1) is 22.0 Å². The van der Waals surface area contributed by atoms with Crippen molar-refractivity contribution in [2.75, 3.05) is 5.75 Å². The molecule has 0 bridgehead atoms. The highest BCUT2D eigenvalue weighted by atomic mass is 32.2. The van der Waals surface area contributed by atoms with Gasteiger partial charge in [0.05, 0.1) is 12.0 Å². The number of carboxylic acids is 2. The summed E-state index contributed by atoms with van der Waals surface area (Å²) in [6, 6.07) is 7.80. The Kier molecular flexibility index (Phi) is 7.58. The molecular weight excluding hydrogens is 476 g/mol. The molecule has 3 N–H and O–H groups in total. The Hall–Kier alpha value is -3.74. The van der Waals surface area contributed by atoms with Crippen LogP contribution in [0.5, 0.6) is 0 Å². The first kappa shape index (κ1) is 25.9. The van der Waals surface area contributed by atoms with Crippen LogP contribution < -0.4 is 5.32 Å². The van der Waals surface area contributed by atoms with Gasteiger partial charge in [-0.2, -0.15) is 4.80 Å².